The molecule has 2 aromatic heterocycles. The van der Waals surface area contributed by atoms with E-state index in [-0.39, 0.29) is 11.8 Å². The van der Waals surface area contributed by atoms with Gasteiger partial charge in [-0.05, 0) is 31.4 Å². The average molecular weight is 364 g/mol. The number of aromatic amines is 1. The summed E-state index contributed by atoms with van der Waals surface area (Å²) in [6.07, 6.45) is 8.72. The quantitative estimate of drug-likeness (QED) is 0.656. The lowest BCUT2D eigenvalue weighted by Gasteiger charge is -2.32. The normalized spacial score (nSPS) is 17.2. The third-order valence-corrected chi connectivity index (χ3v) is 4.99. The number of amides is 1. The molecule has 3 heterocycles. The van der Waals surface area contributed by atoms with Gasteiger partial charge in [0.15, 0.2) is 0 Å². The first-order chi connectivity index (χ1) is 13.3. The van der Waals surface area contributed by atoms with E-state index < -0.39 is 0 Å². The molecule has 7 heteroatoms. The van der Waals surface area contributed by atoms with Crippen LogP contribution in [0.15, 0.2) is 42.9 Å². The van der Waals surface area contributed by atoms with Crippen LogP contribution in [0, 0.1) is 5.92 Å². The van der Waals surface area contributed by atoms with Crippen molar-refractivity contribution in [2.45, 2.75) is 25.7 Å². The highest BCUT2D eigenvalue weighted by molar-refractivity contribution is 5.79. The third-order valence-electron chi connectivity index (χ3n) is 4.99. The number of fused-ring (bicyclic) bond motifs is 1. The Labute approximate surface area is 158 Å². The van der Waals surface area contributed by atoms with Crippen LogP contribution in [0.5, 0.6) is 0 Å². The highest BCUT2D eigenvalue weighted by Gasteiger charge is 2.26. The van der Waals surface area contributed by atoms with Gasteiger partial charge in [0, 0.05) is 38.4 Å². The molecule has 0 bridgehead atoms. The van der Waals surface area contributed by atoms with Crippen LogP contribution in [0.2, 0.25) is 0 Å². The van der Waals surface area contributed by atoms with E-state index in [9.17, 15) is 4.79 Å². The van der Waals surface area contributed by atoms with E-state index in [0.717, 1.165) is 54.9 Å². The third kappa shape index (κ3) is 4.24. The maximum absolute atomic E-state index is 12.5. The first kappa shape index (κ1) is 17.5. The smallest absolute Gasteiger partial charge is 0.224 e. The molecular weight excluding hydrogens is 340 g/mol. The predicted molar refractivity (Wildman–Crippen MR) is 104 cm³/mol. The van der Waals surface area contributed by atoms with Gasteiger partial charge in [0.25, 0.3) is 0 Å². The monoisotopic (exact) mass is 364 g/mol. The molecule has 1 atom stereocenters. The molecule has 1 fully saturated rings. The zero-order chi connectivity index (χ0) is 18.5. The topological polar surface area (TPSA) is 86.8 Å². The second-order valence-electron chi connectivity index (χ2n) is 6.94. The molecule has 27 heavy (non-hydrogen) atoms. The van der Waals surface area contributed by atoms with E-state index in [2.05, 4.69) is 30.2 Å². The van der Waals surface area contributed by atoms with Crippen LogP contribution in [0.3, 0.4) is 0 Å². The summed E-state index contributed by atoms with van der Waals surface area (Å²) in [5.41, 5.74) is 2.05. The highest BCUT2D eigenvalue weighted by atomic mass is 16.1. The number of nitrogens with one attached hydrogen (secondary N) is 2. The van der Waals surface area contributed by atoms with Crippen molar-refractivity contribution in [3.63, 3.8) is 0 Å². The lowest BCUT2D eigenvalue weighted by atomic mass is 9.97. The van der Waals surface area contributed by atoms with Crippen molar-refractivity contribution in [1.82, 2.24) is 25.3 Å². The predicted octanol–water partition coefficient (Wildman–Crippen LogP) is 2.32. The van der Waals surface area contributed by atoms with Crippen LogP contribution in [-0.4, -0.2) is 45.5 Å². The van der Waals surface area contributed by atoms with Gasteiger partial charge in [-0.1, -0.05) is 12.1 Å². The van der Waals surface area contributed by atoms with Crippen LogP contribution in [0.25, 0.3) is 11.0 Å². The lowest BCUT2D eigenvalue weighted by molar-refractivity contribution is -0.125. The van der Waals surface area contributed by atoms with E-state index in [0.29, 0.717) is 13.1 Å². The fraction of sp³-hybridized carbons (Fsp3) is 0.400. The Bertz CT molecular complexity index is 861. The standard InChI is InChI=1S/C20H24N6O/c27-20(15-5-4-12-26(14-15)19-13-21-10-11-22-19)23-9-3-8-18-24-16-6-1-2-7-17(16)25-18/h1-2,6-7,10-11,13,15H,3-5,8-9,12,14H2,(H,23,27)(H,24,25). The maximum Gasteiger partial charge on any atom is 0.224 e. The number of anilines is 1. The number of hydrogen-bond acceptors (Lipinski definition) is 5. The second-order valence-corrected chi connectivity index (χ2v) is 6.94. The first-order valence-electron chi connectivity index (χ1n) is 9.52. The summed E-state index contributed by atoms with van der Waals surface area (Å²) in [4.78, 5) is 31.0. The molecule has 4 rings (SSSR count). The molecule has 140 valence electrons. The molecule has 3 aromatic rings. The van der Waals surface area contributed by atoms with Gasteiger partial charge in [-0.3, -0.25) is 9.78 Å². The number of rotatable bonds is 6. The average Bonchev–Trinajstić information content (AvgIpc) is 3.15. The van der Waals surface area contributed by atoms with Crippen molar-refractivity contribution < 1.29 is 4.79 Å². The van der Waals surface area contributed by atoms with Crippen LogP contribution in [0.1, 0.15) is 25.1 Å². The molecule has 0 radical (unpaired) electrons. The second kappa shape index (κ2) is 8.16. The van der Waals surface area contributed by atoms with Crippen LogP contribution >= 0.6 is 0 Å². The van der Waals surface area contributed by atoms with Gasteiger partial charge >= 0.3 is 0 Å². The maximum atomic E-state index is 12.5. The summed E-state index contributed by atoms with van der Waals surface area (Å²) in [7, 11) is 0. The number of aromatic nitrogens is 4. The molecular formula is C20H24N6O. The molecule has 0 aliphatic carbocycles. The molecule has 7 nitrogen and oxygen atoms in total. The number of para-hydroxylation sites is 2. The number of nitrogens with zero attached hydrogens (tertiary/aromatic N) is 4. The molecule has 1 aliphatic rings. The molecule has 0 saturated carbocycles. The molecule has 1 aromatic carbocycles. The Morgan fingerprint density at radius 2 is 2.22 bits per heavy atom. The SMILES string of the molecule is O=C(NCCCc1nc2ccccc2[nH]1)C1CCCN(c2cnccn2)C1. The number of imidazole rings is 1. The fourth-order valence-electron chi connectivity index (χ4n) is 3.59. The number of carbonyl (C=O) groups is 1. The van der Waals surface area contributed by atoms with Gasteiger partial charge in [-0.2, -0.15) is 0 Å². The van der Waals surface area contributed by atoms with Crippen molar-refractivity contribution >= 4 is 22.8 Å². The van der Waals surface area contributed by atoms with Crippen molar-refractivity contribution in [1.29, 1.82) is 0 Å². The van der Waals surface area contributed by atoms with Gasteiger partial charge in [-0.15, -0.1) is 0 Å². The number of piperidine rings is 1. The van der Waals surface area contributed by atoms with E-state index in [1.807, 2.05) is 24.3 Å². The van der Waals surface area contributed by atoms with Crippen molar-refractivity contribution in [3.8, 4) is 0 Å². The number of benzene rings is 1. The minimum atomic E-state index is 0.00644. The summed E-state index contributed by atoms with van der Waals surface area (Å²) >= 11 is 0. The van der Waals surface area contributed by atoms with Crippen molar-refractivity contribution in [2.75, 3.05) is 24.5 Å². The number of H-pyrrole nitrogens is 1. The molecule has 1 amide bonds. The Morgan fingerprint density at radius 1 is 1.30 bits per heavy atom. The fourth-order valence-corrected chi connectivity index (χ4v) is 3.59. The van der Waals surface area contributed by atoms with Gasteiger partial charge in [-0.25, -0.2) is 9.97 Å². The molecule has 1 unspecified atom stereocenters. The van der Waals surface area contributed by atoms with E-state index >= 15 is 0 Å². The zero-order valence-electron chi connectivity index (χ0n) is 15.3. The largest absolute Gasteiger partial charge is 0.356 e. The first-order valence-corrected chi connectivity index (χ1v) is 9.52. The van der Waals surface area contributed by atoms with E-state index in [1.54, 1.807) is 18.6 Å². The van der Waals surface area contributed by atoms with Crippen molar-refractivity contribution in [2.24, 2.45) is 5.92 Å². The summed E-state index contributed by atoms with van der Waals surface area (Å²) in [6, 6.07) is 8.02. The molecule has 1 saturated heterocycles. The highest BCUT2D eigenvalue weighted by Crippen LogP contribution is 2.21. The number of carbonyl (C=O) groups excluding carboxylic acids is 1. The van der Waals surface area contributed by atoms with Crippen LogP contribution < -0.4 is 10.2 Å². The molecule has 2 N–H and O–H groups in total. The molecule has 0 spiro atoms. The van der Waals surface area contributed by atoms with Gasteiger partial charge in [0.05, 0.1) is 23.1 Å². The van der Waals surface area contributed by atoms with Gasteiger partial charge in [0.1, 0.15) is 11.6 Å². The minimum absolute atomic E-state index is 0.00644. The summed E-state index contributed by atoms with van der Waals surface area (Å²) in [6.45, 7) is 2.29. The number of aryl methyl sites for hydroxylation is 1. The number of hydrogen-bond donors (Lipinski definition) is 2. The zero-order valence-corrected chi connectivity index (χ0v) is 15.3. The Hall–Kier alpha value is -2.96. The Kier molecular flexibility index (Phi) is 5.27. The molecule has 1 aliphatic heterocycles. The minimum Gasteiger partial charge on any atom is -0.356 e. The van der Waals surface area contributed by atoms with Crippen LogP contribution in [-0.2, 0) is 11.2 Å². The van der Waals surface area contributed by atoms with Crippen LogP contribution in [0.4, 0.5) is 5.82 Å². The Balaban J connectivity index is 1.24. The summed E-state index contributed by atoms with van der Waals surface area (Å²) in [5, 5.41) is 3.09. The summed E-state index contributed by atoms with van der Waals surface area (Å²) < 4.78 is 0. The van der Waals surface area contributed by atoms with Crippen molar-refractivity contribution in [3.05, 3.63) is 48.7 Å². The van der Waals surface area contributed by atoms with Gasteiger partial charge < -0.3 is 15.2 Å². The lowest BCUT2D eigenvalue weighted by Crippen LogP contribution is -2.43. The summed E-state index contributed by atoms with van der Waals surface area (Å²) in [5.74, 6) is 1.96. The van der Waals surface area contributed by atoms with E-state index in [1.165, 1.54) is 0 Å². The van der Waals surface area contributed by atoms with Gasteiger partial charge in [0.2, 0.25) is 5.91 Å². The Morgan fingerprint density at radius 3 is 3.07 bits per heavy atom. The van der Waals surface area contributed by atoms with E-state index in [4.69, 9.17) is 0 Å².